The van der Waals surface area contributed by atoms with Gasteiger partial charge in [0.2, 0.25) is 0 Å². The van der Waals surface area contributed by atoms with Crippen molar-refractivity contribution in [1.29, 1.82) is 0 Å². The number of benzene rings is 1. The molecule has 0 saturated carbocycles. The number of phenolic OH excluding ortho intramolecular Hbond substituents is 1. The molecule has 1 aliphatic rings. The lowest BCUT2D eigenvalue weighted by atomic mass is 9.90. The first-order chi connectivity index (χ1) is 9.97. The van der Waals surface area contributed by atoms with Crippen molar-refractivity contribution in [3.05, 3.63) is 23.8 Å². The van der Waals surface area contributed by atoms with Crippen LogP contribution in [0.4, 0.5) is 0 Å². The second kappa shape index (κ2) is 6.32. The molecule has 2 rings (SSSR count). The number of nitrogens with one attached hydrogen (secondary N) is 1. The third-order valence-electron chi connectivity index (χ3n) is 4.07. The third-order valence-corrected chi connectivity index (χ3v) is 4.07. The zero-order chi connectivity index (χ0) is 15.5. The average molecular weight is 294 g/mol. The smallest absolute Gasteiger partial charge is 0.324 e. The van der Waals surface area contributed by atoms with Gasteiger partial charge in [0.15, 0.2) is 11.5 Å². The van der Waals surface area contributed by atoms with Crippen LogP contribution in [0.2, 0.25) is 0 Å². The zero-order valence-corrected chi connectivity index (χ0v) is 12.4. The topological polar surface area (TPSA) is 82.0 Å². The van der Waals surface area contributed by atoms with Gasteiger partial charge in [-0.1, -0.05) is 6.07 Å². The van der Waals surface area contributed by atoms with Crippen molar-refractivity contribution in [1.82, 2.24) is 10.2 Å². The van der Waals surface area contributed by atoms with Crippen molar-refractivity contribution in [2.45, 2.75) is 18.9 Å². The van der Waals surface area contributed by atoms with Gasteiger partial charge in [-0.15, -0.1) is 0 Å². The molecule has 1 aromatic rings. The molecule has 1 saturated heterocycles. The Morgan fingerprint density at radius 3 is 2.67 bits per heavy atom. The molecule has 1 aliphatic heterocycles. The summed E-state index contributed by atoms with van der Waals surface area (Å²) in [6, 6.07) is 4.97. The number of phenols is 1. The number of nitrogens with zero attached hydrogens (tertiary/aromatic N) is 1. The number of rotatable bonds is 5. The number of carboxylic acid groups (broad SMARTS) is 1. The maximum absolute atomic E-state index is 11.8. The molecule has 116 valence electrons. The lowest BCUT2D eigenvalue weighted by Crippen LogP contribution is -2.59. The Hall–Kier alpha value is -1.79. The van der Waals surface area contributed by atoms with Crippen LogP contribution in [0.5, 0.6) is 11.5 Å². The van der Waals surface area contributed by atoms with Crippen LogP contribution in [0.3, 0.4) is 0 Å². The Bertz CT molecular complexity index is 514. The Labute approximate surface area is 124 Å². The molecule has 1 heterocycles. The number of carbonyl (C=O) groups is 1. The molecule has 1 fully saturated rings. The molecule has 6 heteroatoms. The van der Waals surface area contributed by atoms with Gasteiger partial charge in [0.05, 0.1) is 7.11 Å². The summed E-state index contributed by atoms with van der Waals surface area (Å²) in [4.78, 5) is 13.8. The largest absolute Gasteiger partial charge is 0.504 e. The molecule has 0 spiro atoms. The van der Waals surface area contributed by atoms with E-state index in [4.69, 9.17) is 4.74 Å². The van der Waals surface area contributed by atoms with Crippen LogP contribution >= 0.6 is 0 Å². The molecule has 6 nitrogen and oxygen atoms in total. The van der Waals surface area contributed by atoms with Crippen LogP contribution in [0.1, 0.15) is 12.5 Å². The highest BCUT2D eigenvalue weighted by atomic mass is 16.5. The van der Waals surface area contributed by atoms with Crippen LogP contribution in [-0.4, -0.2) is 59.9 Å². The standard InChI is InChI=1S/C15H22N2O4/c1-15(14(19)20,17-7-5-16-6-8-17)10-11-3-4-12(18)13(9-11)21-2/h3-4,9,16,18H,5-8,10H2,1-2H3,(H,19,20). The summed E-state index contributed by atoms with van der Waals surface area (Å²) < 4.78 is 5.09. The fraction of sp³-hybridized carbons (Fsp3) is 0.533. The average Bonchev–Trinajstić information content (AvgIpc) is 2.49. The third kappa shape index (κ3) is 3.28. The Morgan fingerprint density at radius 1 is 1.43 bits per heavy atom. The highest BCUT2D eigenvalue weighted by Gasteiger charge is 2.40. The van der Waals surface area contributed by atoms with Crippen molar-refractivity contribution in [2.75, 3.05) is 33.3 Å². The Kier molecular flexibility index (Phi) is 4.69. The minimum Gasteiger partial charge on any atom is -0.504 e. The second-order valence-electron chi connectivity index (χ2n) is 5.50. The fourth-order valence-corrected chi connectivity index (χ4v) is 2.71. The molecular weight excluding hydrogens is 272 g/mol. The van der Waals surface area contributed by atoms with E-state index in [1.165, 1.54) is 13.2 Å². The molecule has 1 unspecified atom stereocenters. The summed E-state index contributed by atoms with van der Waals surface area (Å²) in [5.74, 6) is -0.419. The first-order valence-corrected chi connectivity index (χ1v) is 7.02. The molecule has 1 atom stereocenters. The summed E-state index contributed by atoms with van der Waals surface area (Å²) in [5.41, 5.74) is -0.141. The van der Waals surface area contributed by atoms with Gasteiger partial charge in [0.25, 0.3) is 0 Å². The molecule has 1 aromatic carbocycles. The van der Waals surface area contributed by atoms with Crippen LogP contribution in [0.25, 0.3) is 0 Å². The fourth-order valence-electron chi connectivity index (χ4n) is 2.71. The van der Waals surface area contributed by atoms with Gasteiger partial charge in [0, 0.05) is 32.6 Å². The maximum Gasteiger partial charge on any atom is 0.324 e. The zero-order valence-electron chi connectivity index (χ0n) is 12.4. The number of aliphatic carboxylic acids is 1. The molecule has 0 aliphatic carbocycles. The van der Waals surface area contributed by atoms with E-state index in [1.807, 2.05) is 4.90 Å². The van der Waals surface area contributed by atoms with E-state index in [-0.39, 0.29) is 5.75 Å². The van der Waals surface area contributed by atoms with Gasteiger partial charge in [0.1, 0.15) is 5.54 Å². The summed E-state index contributed by atoms with van der Waals surface area (Å²) in [5, 5.41) is 22.5. The number of methoxy groups -OCH3 is 1. The van der Waals surface area contributed by atoms with Crippen LogP contribution in [-0.2, 0) is 11.2 Å². The molecular formula is C15H22N2O4. The van der Waals surface area contributed by atoms with E-state index in [9.17, 15) is 15.0 Å². The molecule has 0 amide bonds. The minimum absolute atomic E-state index is 0.0560. The van der Waals surface area contributed by atoms with Crippen LogP contribution < -0.4 is 10.1 Å². The van der Waals surface area contributed by atoms with Crippen LogP contribution in [0, 0.1) is 0 Å². The van der Waals surface area contributed by atoms with Crippen molar-refractivity contribution in [3.63, 3.8) is 0 Å². The summed E-state index contributed by atoms with van der Waals surface area (Å²) in [7, 11) is 1.48. The number of piperazine rings is 1. The van der Waals surface area contributed by atoms with E-state index in [2.05, 4.69) is 5.32 Å². The van der Waals surface area contributed by atoms with E-state index in [0.717, 1.165) is 18.7 Å². The molecule has 0 aromatic heterocycles. The van der Waals surface area contributed by atoms with Gasteiger partial charge in [-0.2, -0.15) is 0 Å². The molecule has 0 radical (unpaired) electrons. The lowest BCUT2D eigenvalue weighted by molar-refractivity contribution is -0.151. The number of ether oxygens (including phenoxy) is 1. The Balaban J connectivity index is 2.25. The normalized spacial score (nSPS) is 19.0. The quantitative estimate of drug-likeness (QED) is 0.741. The number of carboxylic acids is 1. The first kappa shape index (κ1) is 15.6. The predicted octanol–water partition coefficient (Wildman–Crippen LogP) is 0.692. The van der Waals surface area contributed by atoms with E-state index in [1.54, 1.807) is 19.1 Å². The molecule has 0 bridgehead atoms. The van der Waals surface area contributed by atoms with Gasteiger partial charge in [-0.05, 0) is 24.6 Å². The molecule has 3 N–H and O–H groups in total. The number of hydrogen-bond donors (Lipinski definition) is 3. The lowest BCUT2D eigenvalue weighted by Gasteiger charge is -2.40. The van der Waals surface area contributed by atoms with Gasteiger partial charge in [-0.25, -0.2) is 0 Å². The van der Waals surface area contributed by atoms with Gasteiger partial charge >= 0.3 is 5.97 Å². The molecule has 21 heavy (non-hydrogen) atoms. The van der Waals surface area contributed by atoms with Crippen molar-refractivity contribution >= 4 is 5.97 Å². The van der Waals surface area contributed by atoms with E-state index in [0.29, 0.717) is 25.3 Å². The van der Waals surface area contributed by atoms with Gasteiger partial charge in [-0.3, -0.25) is 9.69 Å². The van der Waals surface area contributed by atoms with Gasteiger partial charge < -0.3 is 20.3 Å². The van der Waals surface area contributed by atoms with Crippen molar-refractivity contribution in [3.8, 4) is 11.5 Å². The summed E-state index contributed by atoms with van der Waals surface area (Å²) in [6.07, 6.45) is 0.360. The monoisotopic (exact) mass is 294 g/mol. The number of hydrogen-bond acceptors (Lipinski definition) is 5. The minimum atomic E-state index is -0.968. The second-order valence-corrected chi connectivity index (χ2v) is 5.50. The van der Waals surface area contributed by atoms with E-state index < -0.39 is 11.5 Å². The Morgan fingerprint density at radius 2 is 2.10 bits per heavy atom. The summed E-state index contributed by atoms with van der Waals surface area (Å²) >= 11 is 0. The summed E-state index contributed by atoms with van der Waals surface area (Å²) in [6.45, 7) is 4.75. The van der Waals surface area contributed by atoms with Crippen molar-refractivity contribution < 1.29 is 19.7 Å². The maximum atomic E-state index is 11.8. The predicted molar refractivity (Wildman–Crippen MR) is 78.8 cm³/mol. The first-order valence-electron chi connectivity index (χ1n) is 7.02. The highest BCUT2D eigenvalue weighted by Crippen LogP contribution is 2.29. The van der Waals surface area contributed by atoms with Crippen LogP contribution in [0.15, 0.2) is 18.2 Å². The van der Waals surface area contributed by atoms with E-state index >= 15 is 0 Å². The highest BCUT2D eigenvalue weighted by molar-refractivity contribution is 5.79. The number of aromatic hydroxyl groups is 1. The van der Waals surface area contributed by atoms with Crippen molar-refractivity contribution in [2.24, 2.45) is 0 Å². The SMILES string of the molecule is COc1cc(CC(C)(C(=O)O)N2CCNCC2)ccc1O.